The summed E-state index contributed by atoms with van der Waals surface area (Å²) in [5.74, 6) is -0.352. The highest BCUT2D eigenvalue weighted by molar-refractivity contribution is 5.62. The van der Waals surface area contributed by atoms with E-state index < -0.39 is 0 Å². The lowest BCUT2D eigenvalue weighted by molar-refractivity contribution is 0.616. The lowest BCUT2D eigenvalue weighted by atomic mass is 10.1. The molecular weight excluding hydrogens is 193 g/mol. The Bertz CT molecular complexity index is 497. The third kappa shape index (κ3) is 1.86. The maximum atomic E-state index is 13.4. The van der Waals surface area contributed by atoms with Crippen molar-refractivity contribution in [1.29, 1.82) is 5.26 Å². The second-order valence-electron chi connectivity index (χ2n) is 3.13. The maximum absolute atomic E-state index is 13.4. The molecule has 0 saturated heterocycles. The van der Waals surface area contributed by atoms with E-state index >= 15 is 0 Å². The maximum Gasteiger partial charge on any atom is 0.128 e. The predicted octanol–water partition coefficient (Wildman–Crippen LogP) is 2.28. The average Bonchev–Trinajstić information content (AvgIpc) is 2.74. The number of halogens is 1. The Balaban J connectivity index is 2.39. The van der Waals surface area contributed by atoms with Crippen molar-refractivity contribution in [2.75, 3.05) is 0 Å². The molecule has 0 aliphatic heterocycles. The molecule has 3 nitrogen and oxygen atoms in total. The topological polar surface area (TPSA) is 52.5 Å². The molecule has 2 rings (SSSR count). The third-order valence-corrected chi connectivity index (χ3v) is 2.15. The molecule has 74 valence electrons. The van der Waals surface area contributed by atoms with Gasteiger partial charge in [-0.05, 0) is 11.6 Å². The number of aromatic nitrogens is 2. The van der Waals surface area contributed by atoms with E-state index in [-0.39, 0.29) is 12.2 Å². The van der Waals surface area contributed by atoms with Crippen LogP contribution in [-0.4, -0.2) is 10.2 Å². The Morgan fingerprint density at radius 2 is 2.27 bits per heavy atom. The molecule has 1 heterocycles. The van der Waals surface area contributed by atoms with Gasteiger partial charge in [-0.25, -0.2) is 4.39 Å². The molecule has 0 spiro atoms. The van der Waals surface area contributed by atoms with Crippen LogP contribution in [0.2, 0.25) is 0 Å². The Labute approximate surface area is 86.2 Å². The van der Waals surface area contributed by atoms with Gasteiger partial charge in [0.15, 0.2) is 0 Å². The lowest BCUT2D eigenvalue weighted by Crippen LogP contribution is -1.88. The number of benzene rings is 1. The number of H-pyrrole nitrogens is 1. The summed E-state index contributed by atoms with van der Waals surface area (Å²) in [5.41, 5.74) is 2.00. The van der Waals surface area contributed by atoms with E-state index in [1.54, 1.807) is 24.5 Å². The van der Waals surface area contributed by atoms with Gasteiger partial charge in [0.1, 0.15) is 5.82 Å². The third-order valence-electron chi connectivity index (χ3n) is 2.15. The van der Waals surface area contributed by atoms with Gasteiger partial charge in [0, 0.05) is 17.3 Å². The Morgan fingerprint density at radius 1 is 1.40 bits per heavy atom. The molecule has 0 fully saturated rings. The highest BCUT2D eigenvalue weighted by Crippen LogP contribution is 2.20. The van der Waals surface area contributed by atoms with Gasteiger partial charge in [-0.2, -0.15) is 10.4 Å². The number of aromatic amines is 1. The summed E-state index contributed by atoms with van der Waals surface area (Å²) < 4.78 is 13.4. The summed E-state index contributed by atoms with van der Waals surface area (Å²) in [7, 11) is 0. The van der Waals surface area contributed by atoms with Gasteiger partial charge in [0.2, 0.25) is 0 Å². The first-order chi connectivity index (χ1) is 7.31. The van der Waals surface area contributed by atoms with Crippen LogP contribution in [0.5, 0.6) is 0 Å². The smallest absolute Gasteiger partial charge is 0.128 e. The second-order valence-corrected chi connectivity index (χ2v) is 3.13. The lowest BCUT2D eigenvalue weighted by Gasteiger charge is -2.01. The number of nitrogens with one attached hydrogen (secondary N) is 1. The first kappa shape index (κ1) is 9.41. The highest BCUT2D eigenvalue weighted by Gasteiger charge is 2.05. The van der Waals surface area contributed by atoms with Crippen LogP contribution >= 0.6 is 0 Å². The van der Waals surface area contributed by atoms with Crippen LogP contribution in [0.25, 0.3) is 11.1 Å². The summed E-state index contributed by atoms with van der Waals surface area (Å²) in [4.78, 5) is 0. The molecule has 0 radical (unpaired) electrons. The fraction of sp³-hybridized carbons (Fsp3) is 0.0909. The molecule has 1 aromatic heterocycles. The molecule has 1 N–H and O–H groups in total. The Morgan fingerprint density at radius 3 is 2.87 bits per heavy atom. The van der Waals surface area contributed by atoms with E-state index in [4.69, 9.17) is 5.26 Å². The number of hydrogen-bond donors (Lipinski definition) is 1. The largest absolute Gasteiger partial charge is 0.285 e. The van der Waals surface area contributed by atoms with Crippen LogP contribution < -0.4 is 0 Å². The van der Waals surface area contributed by atoms with Crippen molar-refractivity contribution in [3.63, 3.8) is 0 Å². The van der Waals surface area contributed by atoms with Crippen molar-refractivity contribution in [2.24, 2.45) is 0 Å². The van der Waals surface area contributed by atoms with Gasteiger partial charge in [-0.3, -0.25) is 5.10 Å². The van der Waals surface area contributed by atoms with Crippen LogP contribution in [0, 0.1) is 17.1 Å². The predicted molar refractivity (Wildman–Crippen MR) is 53.3 cm³/mol. The van der Waals surface area contributed by atoms with E-state index in [0.29, 0.717) is 5.56 Å². The molecule has 0 bridgehead atoms. The second kappa shape index (κ2) is 3.93. The number of nitrogens with zero attached hydrogens (tertiary/aromatic N) is 2. The van der Waals surface area contributed by atoms with Crippen molar-refractivity contribution in [3.05, 3.63) is 42.0 Å². The minimum Gasteiger partial charge on any atom is -0.285 e. The molecule has 0 atom stereocenters. The van der Waals surface area contributed by atoms with E-state index in [9.17, 15) is 4.39 Å². The number of rotatable bonds is 2. The van der Waals surface area contributed by atoms with Crippen molar-refractivity contribution in [2.45, 2.75) is 6.42 Å². The Hall–Kier alpha value is -2.15. The molecule has 0 amide bonds. The molecule has 15 heavy (non-hydrogen) atoms. The van der Waals surface area contributed by atoms with Crippen LogP contribution in [0.4, 0.5) is 4.39 Å². The van der Waals surface area contributed by atoms with Gasteiger partial charge >= 0.3 is 0 Å². The standard InChI is InChI=1S/C11H8FN3/c12-11-5-9(10-6-14-15-7-10)2-1-8(11)3-4-13/h1-2,5-7H,3H2,(H,14,15). The zero-order valence-corrected chi connectivity index (χ0v) is 7.87. The SMILES string of the molecule is N#CCc1ccc(-c2cn[nH]c2)cc1F. The van der Waals surface area contributed by atoms with E-state index in [2.05, 4.69) is 10.2 Å². The van der Waals surface area contributed by atoms with Gasteiger partial charge in [0.05, 0.1) is 18.7 Å². The minimum atomic E-state index is -0.352. The van der Waals surface area contributed by atoms with Crippen LogP contribution in [0.15, 0.2) is 30.6 Å². The minimum absolute atomic E-state index is 0.0947. The number of hydrogen-bond acceptors (Lipinski definition) is 2. The highest BCUT2D eigenvalue weighted by atomic mass is 19.1. The van der Waals surface area contributed by atoms with Crippen LogP contribution in [-0.2, 0) is 6.42 Å². The number of nitriles is 1. The fourth-order valence-corrected chi connectivity index (χ4v) is 1.36. The Kier molecular flexibility index (Phi) is 2.46. The van der Waals surface area contributed by atoms with Crippen molar-refractivity contribution >= 4 is 0 Å². The molecule has 1 aromatic carbocycles. The summed E-state index contributed by atoms with van der Waals surface area (Å²) >= 11 is 0. The van der Waals surface area contributed by atoms with Crippen LogP contribution in [0.1, 0.15) is 5.56 Å². The van der Waals surface area contributed by atoms with Gasteiger partial charge in [-0.1, -0.05) is 12.1 Å². The molecule has 0 saturated carbocycles. The molecular formula is C11H8FN3. The molecule has 0 aliphatic rings. The zero-order chi connectivity index (χ0) is 10.7. The van der Waals surface area contributed by atoms with Crippen LogP contribution in [0.3, 0.4) is 0 Å². The first-order valence-corrected chi connectivity index (χ1v) is 4.46. The molecule has 2 aromatic rings. The monoisotopic (exact) mass is 201 g/mol. The van der Waals surface area contributed by atoms with Crippen molar-refractivity contribution < 1.29 is 4.39 Å². The zero-order valence-electron chi connectivity index (χ0n) is 7.87. The van der Waals surface area contributed by atoms with Gasteiger partial charge in [-0.15, -0.1) is 0 Å². The summed E-state index contributed by atoms with van der Waals surface area (Å²) in [5, 5.41) is 14.9. The van der Waals surface area contributed by atoms with E-state index in [1.807, 2.05) is 6.07 Å². The molecule has 4 heteroatoms. The van der Waals surface area contributed by atoms with Gasteiger partial charge < -0.3 is 0 Å². The van der Waals surface area contributed by atoms with Crippen molar-refractivity contribution in [3.8, 4) is 17.2 Å². The average molecular weight is 201 g/mol. The quantitative estimate of drug-likeness (QED) is 0.810. The normalized spacial score (nSPS) is 9.87. The molecule has 0 unspecified atom stereocenters. The summed E-state index contributed by atoms with van der Waals surface area (Å²) in [6, 6.07) is 6.74. The molecule has 0 aliphatic carbocycles. The van der Waals surface area contributed by atoms with E-state index in [1.165, 1.54) is 6.07 Å². The van der Waals surface area contributed by atoms with Gasteiger partial charge in [0.25, 0.3) is 0 Å². The van der Waals surface area contributed by atoms with E-state index in [0.717, 1.165) is 11.1 Å². The van der Waals surface area contributed by atoms with Crippen molar-refractivity contribution in [1.82, 2.24) is 10.2 Å². The first-order valence-electron chi connectivity index (χ1n) is 4.46. The fourth-order valence-electron chi connectivity index (χ4n) is 1.36. The summed E-state index contributed by atoms with van der Waals surface area (Å²) in [6.45, 7) is 0. The summed E-state index contributed by atoms with van der Waals surface area (Å²) in [6.07, 6.45) is 3.41.